The average Bonchev–Trinajstić information content (AvgIpc) is 2.81. The Labute approximate surface area is 120 Å². The molecule has 1 aromatic carbocycles. The number of H-pyrrole nitrogens is 1. The fourth-order valence-corrected chi connectivity index (χ4v) is 2.12. The molecule has 108 valence electrons. The van der Waals surface area contributed by atoms with Gasteiger partial charge >= 0.3 is 0 Å². The molecule has 0 aliphatic heterocycles. The second kappa shape index (κ2) is 6.57. The number of nitrogens with one attached hydrogen (secondary N) is 2. The van der Waals surface area contributed by atoms with Crippen molar-refractivity contribution in [3.05, 3.63) is 35.5 Å². The number of aryl methyl sites for hydroxylation is 1. The molecule has 4 nitrogen and oxygen atoms in total. The lowest BCUT2D eigenvalue weighted by Gasteiger charge is -2.13. The van der Waals surface area contributed by atoms with Gasteiger partial charge < -0.3 is 10.1 Å². The van der Waals surface area contributed by atoms with Gasteiger partial charge in [0.2, 0.25) is 0 Å². The molecule has 0 saturated heterocycles. The van der Waals surface area contributed by atoms with Gasteiger partial charge in [0.05, 0.1) is 11.8 Å². The lowest BCUT2D eigenvalue weighted by atomic mass is 10.1. The van der Waals surface area contributed by atoms with Gasteiger partial charge in [-0.25, -0.2) is 0 Å². The number of aromatic nitrogens is 2. The van der Waals surface area contributed by atoms with E-state index >= 15 is 0 Å². The van der Waals surface area contributed by atoms with Crippen LogP contribution in [0.1, 0.15) is 31.5 Å². The highest BCUT2D eigenvalue weighted by Gasteiger charge is 2.12. The number of ether oxygens (including phenoxy) is 1. The van der Waals surface area contributed by atoms with Crippen molar-refractivity contribution in [1.29, 1.82) is 0 Å². The summed E-state index contributed by atoms with van der Waals surface area (Å²) in [5.74, 6) is 0.896. The Morgan fingerprint density at radius 1 is 1.40 bits per heavy atom. The van der Waals surface area contributed by atoms with Crippen LogP contribution in [0.25, 0.3) is 11.3 Å². The molecule has 0 fully saturated rings. The molecule has 0 aliphatic rings. The highest BCUT2D eigenvalue weighted by Crippen LogP contribution is 2.27. The minimum Gasteiger partial charge on any atom is -0.491 e. The Balaban J connectivity index is 2.31. The van der Waals surface area contributed by atoms with Gasteiger partial charge in [0.15, 0.2) is 0 Å². The fourth-order valence-electron chi connectivity index (χ4n) is 2.12. The van der Waals surface area contributed by atoms with Crippen LogP contribution >= 0.6 is 0 Å². The van der Waals surface area contributed by atoms with Crippen molar-refractivity contribution in [3.8, 4) is 17.0 Å². The lowest BCUT2D eigenvalue weighted by molar-refractivity contribution is 0.217. The molecule has 20 heavy (non-hydrogen) atoms. The standard InChI is InChI=1S/C16H23N3O/c1-5-11(2)20-14-8-6-7-13(9-14)16-15(10-17-4)12(3)18-19-16/h6-9,11,17H,5,10H2,1-4H3,(H,18,19). The van der Waals surface area contributed by atoms with Gasteiger partial charge in [0.1, 0.15) is 5.75 Å². The van der Waals surface area contributed by atoms with Gasteiger partial charge in [-0.05, 0) is 39.4 Å². The first-order chi connectivity index (χ1) is 9.65. The summed E-state index contributed by atoms with van der Waals surface area (Å²) in [6.07, 6.45) is 1.22. The van der Waals surface area contributed by atoms with E-state index < -0.39 is 0 Å². The normalized spacial score (nSPS) is 12.4. The Morgan fingerprint density at radius 2 is 2.20 bits per heavy atom. The van der Waals surface area contributed by atoms with E-state index in [-0.39, 0.29) is 6.10 Å². The largest absolute Gasteiger partial charge is 0.491 e. The third-order valence-electron chi connectivity index (χ3n) is 3.45. The Hall–Kier alpha value is -1.81. The van der Waals surface area contributed by atoms with Crippen molar-refractivity contribution in [2.75, 3.05) is 7.05 Å². The predicted molar refractivity (Wildman–Crippen MR) is 81.9 cm³/mol. The van der Waals surface area contributed by atoms with Crippen LogP contribution in [-0.4, -0.2) is 23.3 Å². The average molecular weight is 273 g/mol. The maximum absolute atomic E-state index is 5.88. The lowest BCUT2D eigenvalue weighted by Crippen LogP contribution is -2.09. The second-order valence-electron chi connectivity index (χ2n) is 5.07. The van der Waals surface area contributed by atoms with Crippen molar-refractivity contribution in [1.82, 2.24) is 15.5 Å². The number of hydrogen-bond donors (Lipinski definition) is 2. The van der Waals surface area contributed by atoms with Gasteiger partial charge in [0.25, 0.3) is 0 Å². The van der Waals surface area contributed by atoms with E-state index in [1.165, 1.54) is 5.56 Å². The maximum atomic E-state index is 5.88. The molecule has 4 heteroatoms. The molecular formula is C16H23N3O. The SMILES string of the molecule is CCC(C)Oc1cccc(-c2n[nH]c(C)c2CNC)c1. The molecule has 1 aromatic heterocycles. The molecule has 2 rings (SSSR count). The first kappa shape index (κ1) is 14.6. The minimum atomic E-state index is 0.225. The zero-order valence-corrected chi connectivity index (χ0v) is 12.7. The van der Waals surface area contributed by atoms with E-state index in [0.717, 1.165) is 35.7 Å². The molecule has 2 aromatic rings. The van der Waals surface area contributed by atoms with Crippen LogP contribution < -0.4 is 10.1 Å². The maximum Gasteiger partial charge on any atom is 0.120 e. The minimum absolute atomic E-state index is 0.225. The number of rotatable bonds is 6. The monoisotopic (exact) mass is 273 g/mol. The summed E-state index contributed by atoms with van der Waals surface area (Å²) < 4.78 is 5.88. The van der Waals surface area contributed by atoms with Gasteiger partial charge in [0, 0.05) is 23.4 Å². The fraction of sp³-hybridized carbons (Fsp3) is 0.438. The number of hydrogen-bond acceptors (Lipinski definition) is 3. The number of aromatic amines is 1. The Bertz CT molecular complexity index is 563. The van der Waals surface area contributed by atoms with Gasteiger partial charge in [-0.15, -0.1) is 0 Å². The zero-order chi connectivity index (χ0) is 14.5. The second-order valence-corrected chi connectivity index (χ2v) is 5.07. The summed E-state index contributed by atoms with van der Waals surface area (Å²) >= 11 is 0. The van der Waals surface area contributed by atoms with E-state index in [4.69, 9.17) is 4.74 Å². The van der Waals surface area contributed by atoms with Crippen molar-refractivity contribution < 1.29 is 4.74 Å². The van der Waals surface area contributed by atoms with Crippen LogP contribution in [0.3, 0.4) is 0 Å². The molecule has 0 bridgehead atoms. The molecule has 0 amide bonds. The molecule has 0 aliphatic carbocycles. The first-order valence-electron chi connectivity index (χ1n) is 7.11. The Kier molecular flexibility index (Phi) is 4.79. The quantitative estimate of drug-likeness (QED) is 0.849. The summed E-state index contributed by atoms with van der Waals surface area (Å²) in [5.41, 5.74) is 4.38. The van der Waals surface area contributed by atoms with E-state index in [1.807, 2.05) is 26.1 Å². The first-order valence-corrected chi connectivity index (χ1v) is 7.11. The van der Waals surface area contributed by atoms with E-state index in [1.54, 1.807) is 0 Å². The number of nitrogens with zero attached hydrogens (tertiary/aromatic N) is 1. The number of benzene rings is 1. The molecule has 0 spiro atoms. The van der Waals surface area contributed by atoms with E-state index in [2.05, 4.69) is 41.5 Å². The summed E-state index contributed by atoms with van der Waals surface area (Å²) in [6, 6.07) is 8.13. The molecule has 2 N–H and O–H groups in total. The highest BCUT2D eigenvalue weighted by atomic mass is 16.5. The summed E-state index contributed by atoms with van der Waals surface area (Å²) in [4.78, 5) is 0. The van der Waals surface area contributed by atoms with Crippen LogP contribution in [0.15, 0.2) is 24.3 Å². The predicted octanol–water partition coefficient (Wildman–Crippen LogP) is 3.28. The smallest absolute Gasteiger partial charge is 0.120 e. The van der Waals surface area contributed by atoms with Gasteiger partial charge in [-0.3, -0.25) is 5.10 Å². The third-order valence-corrected chi connectivity index (χ3v) is 3.45. The Morgan fingerprint density at radius 3 is 2.90 bits per heavy atom. The molecule has 0 radical (unpaired) electrons. The van der Waals surface area contributed by atoms with Crippen LogP contribution in [-0.2, 0) is 6.54 Å². The zero-order valence-electron chi connectivity index (χ0n) is 12.7. The highest BCUT2D eigenvalue weighted by molar-refractivity contribution is 5.65. The van der Waals surface area contributed by atoms with E-state index in [9.17, 15) is 0 Å². The molecular weight excluding hydrogens is 250 g/mol. The summed E-state index contributed by atoms with van der Waals surface area (Å²) in [7, 11) is 1.94. The van der Waals surface area contributed by atoms with Gasteiger partial charge in [-0.1, -0.05) is 19.1 Å². The van der Waals surface area contributed by atoms with Crippen LogP contribution in [0, 0.1) is 6.92 Å². The van der Waals surface area contributed by atoms with Crippen LogP contribution in [0.2, 0.25) is 0 Å². The molecule has 0 saturated carbocycles. The topological polar surface area (TPSA) is 49.9 Å². The van der Waals surface area contributed by atoms with Crippen molar-refractivity contribution in [2.45, 2.75) is 39.8 Å². The third kappa shape index (κ3) is 3.20. The van der Waals surface area contributed by atoms with Crippen molar-refractivity contribution in [3.63, 3.8) is 0 Å². The van der Waals surface area contributed by atoms with Crippen LogP contribution in [0.5, 0.6) is 5.75 Å². The molecule has 1 heterocycles. The van der Waals surface area contributed by atoms with Crippen LogP contribution in [0.4, 0.5) is 0 Å². The van der Waals surface area contributed by atoms with Crippen molar-refractivity contribution >= 4 is 0 Å². The summed E-state index contributed by atoms with van der Waals surface area (Å²) in [6.45, 7) is 7.05. The molecule has 1 atom stereocenters. The van der Waals surface area contributed by atoms with E-state index in [0.29, 0.717) is 0 Å². The summed E-state index contributed by atoms with van der Waals surface area (Å²) in [5, 5.41) is 10.7. The van der Waals surface area contributed by atoms with Crippen molar-refractivity contribution in [2.24, 2.45) is 0 Å². The molecule has 1 unspecified atom stereocenters. The van der Waals surface area contributed by atoms with Gasteiger partial charge in [-0.2, -0.15) is 5.10 Å².